The first-order chi connectivity index (χ1) is 6.99. The molecule has 0 rings (SSSR count). The molecule has 0 aliphatic rings. The maximum Gasteiger partial charge on any atom is 0.639 e. The first-order valence-corrected chi connectivity index (χ1v) is 6.47. The molecule has 90 valence electrons. The second-order valence-electron chi connectivity index (χ2n) is 4.03. The molecule has 0 aromatic heterocycles. The van der Waals surface area contributed by atoms with Gasteiger partial charge in [-0.3, -0.25) is 0 Å². The first-order valence-electron chi connectivity index (χ1n) is 5.48. The summed E-state index contributed by atoms with van der Waals surface area (Å²) in [6.07, 6.45) is 0. The summed E-state index contributed by atoms with van der Waals surface area (Å²) in [5.41, 5.74) is 0. The molecule has 0 aliphatic carbocycles. The number of hydrogen-bond acceptors (Lipinski definition) is 4. The Balaban J connectivity index is 3.52. The van der Waals surface area contributed by atoms with Crippen LogP contribution in [-0.4, -0.2) is 37.6 Å². The van der Waals surface area contributed by atoms with Gasteiger partial charge in [-0.2, -0.15) is 11.8 Å². The van der Waals surface area contributed by atoms with Gasteiger partial charge in [0, 0.05) is 30.3 Å². The Morgan fingerprint density at radius 3 is 1.93 bits per heavy atom. The lowest BCUT2D eigenvalue weighted by molar-refractivity contribution is 0.108. The van der Waals surface area contributed by atoms with Gasteiger partial charge in [-0.25, -0.2) is 0 Å². The average Bonchev–Trinajstić information content (AvgIpc) is 2.11. The fourth-order valence-electron chi connectivity index (χ4n) is 0.909. The van der Waals surface area contributed by atoms with Gasteiger partial charge in [-0.05, 0) is 13.8 Å². The monoisotopic (exact) mass is 234 g/mol. The molecule has 0 heterocycles. The third-order valence-electron chi connectivity index (χ3n) is 1.48. The van der Waals surface area contributed by atoms with E-state index in [1.807, 2.05) is 25.6 Å². The van der Waals surface area contributed by atoms with E-state index in [2.05, 4.69) is 20.8 Å². The normalized spacial score (nSPS) is 11.8. The van der Waals surface area contributed by atoms with Crippen LogP contribution in [-0.2, 0) is 14.0 Å². The Labute approximate surface area is 98.4 Å². The summed E-state index contributed by atoms with van der Waals surface area (Å²) in [5, 5.41) is 0. The molecule has 0 fully saturated rings. The van der Waals surface area contributed by atoms with E-state index in [-0.39, 0.29) is 4.75 Å². The van der Waals surface area contributed by atoms with Crippen molar-refractivity contribution in [2.45, 2.75) is 39.4 Å². The molecule has 0 spiro atoms. The van der Waals surface area contributed by atoms with Gasteiger partial charge in [0.2, 0.25) is 0 Å². The fraction of sp³-hybridized carbons (Fsp3) is 1.00. The highest BCUT2D eigenvalue weighted by molar-refractivity contribution is 8.00. The van der Waals surface area contributed by atoms with Crippen molar-refractivity contribution in [1.29, 1.82) is 0 Å². The van der Waals surface area contributed by atoms with Crippen molar-refractivity contribution < 1.29 is 14.0 Å². The Bertz CT molecular complexity index is 144. The van der Waals surface area contributed by atoms with Crippen molar-refractivity contribution in [3.63, 3.8) is 0 Å². The highest BCUT2D eigenvalue weighted by atomic mass is 32.2. The van der Waals surface area contributed by atoms with Crippen molar-refractivity contribution in [3.05, 3.63) is 0 Å². The fourth-order valence-corrected chi connectivity index (χ4v) is 1.70. The molecule has 0 saturated heterocycles. The molecule has 0 unspecified atom stereocenters. The number of hydrogen-bond donors (Lipinski definition) is 0. The number of thioether (sulfide) groups is 1. The van der Waals surface area contributed by atoms with Crippen LogP contribution in [0.1, 0.15) is 34.6 Å². The summed E-state index contributed by atoms with van der Waals surface area (Å²) in [7, 11) is -0.499. The Morgan fingerprint density at radius 1 is 1.00 bits per heavy atom. The van der Waals surface area contributed by atoms with Crippen LogP contribution in [0.3, 0.4) is 0 Å². The Hall–Kier alpha value is 0.295. The zero-order valence-corrected chi connectivity index (χ0v) is 11.4. The summed E-state index contributed by atoms with van der Waals surface area (Å²) in [4.78, 5) is 0. The molecule has 3 nitrogen and oxygen atoms in total. The summed E-state index contributed by atoms with van der Waals surface area (Å²) < 4.78 is 16.3. The van der Waals surface area contributed by atoms with Gasteiger partial charge in [0.15, 0.2) is 0 Å². The molecule has 5 heteroatoms. The van der Waals surface area contributed by atoms with Crippen molar-refractivity contribution in [2.24, 2.45) is 0 Å². The van der Waals surface area contributed by atoms with Crippen LogP contribution in [0.2, 0.25) is 0 Å². The lowest BCUT2D eigenvalue weighted by atomic mass is 10.2. The van der Waals surface area contributed by atoms with Gasteiger partial charge in [0.1, 0.15) is 0 Å². The van der Waals surface area contributed by atoms with E-state index in [4.69, 9.17) is 14.0 Å². The molecule has 0 bridgehead atoms. The SMILES string of the molecule is CCOB(OCC)OCCSC(C)(C)C. The van der Waals surface area contributed by atoms with Crippen LogP contribution in [0, 0.1) is 0 Å². The highest BCUT2D eigenvalue weighted by Crippen LogP contribution is 2.22. The first kappa shape index (κ1) is 15.3. The smallest absolute Gasteiger partial charge is 0.386 e. The van der Waals surface area contributed by atoms with Crippen molar-refractivity contribution in [1.82, 2.24) is 0 Å². The quantitative estimate of drug-likeness (QED) is 0.476. The summed E-state index contributed by atoms with van der Waals surface area (Å²) in [6, 6.07) is 0. The van der Waals surface area contributed by atoms with Crippen molar-refractivity contribution in [3.8, 4) is 0 Å². The van der Waals surface area contributed by atoms with Crippen LogP contribution in [0.25, 0.3) is 0 Å². The molecule has 0 aromatic rings. The van der Waals surface area contributed by atoms with Gasteiger partial charge in [0.25, 0.3) is 0 Å². The van der Waals surface area contributed by atoms with Gasteiger partial charge in [-0.15, -0.1) is 0 Å². The zero-order valence-electron chi connectivity index (χ0n) is 10.5. The molecular weight excluding hydrogens is 211 g/mol. The van der Waals surface area contributed by atoms with Crippen LogP contribution in [0.4, 0.5) is 0 Å². The predicted molar refractivity (Wildman–Crippen MR) is 67.2 cm³/mol. The second kappa shape index (κ2) is 8.45. The van der Waals surface area contributed by atoms with E-state index < -0.39 is 7.32 Å². The van der Waals surface area contributed by atoms with E-state index >= 15 is 0 Å². The highest BCUT2D eigenvalue weighted by Gasteiger charge is 2.19. The lowest BCUT2D eigenvalue weighted by Gasteiger charge is -2.18. The maximum absolute atomic E-state index is 5.45. The van der Waals surface area contributed by atoms with Crippen LogP contribution >= 0.6 is 11.8 Å². The zero-order chi connectivity index (χ0) is 11.7. The maximum atomic E-state index is 5.45. The van der Waals surface area contributed by atoms with Crippen molar-refractivity contribution >= 4 is 19.1 Å². The molecular formula is C10H23BO3S. The van der Waals surface area contributed by atoms with Crippen LogP contribution in [0.15, 0.2) is 0 Å². The molecule has 0 aromatic carbocycles. The molecule has 0 N–H and O–H groups in total. The molecule has 15 heavy (non-hydrogen) atoms. The molecule has 0 atom stereocenters. The van der Waals surface area contributed by atoms with Gasteiger partial charge >= 0.3 is 7.32 Å². The van der Waals surface area contributed by atoms with E-state index in [9.17, 15) is 0 Å². The van der Waals surface area contributed by atoms with E-state index in [1.165, 1.54) is 0 Å². The molecule has 0 amide bonds. The second-order valence-corrected chi connectivity index (χ2v) is 5.95. The van der Waals surface area contributed by atoms with Crippen molar-refractivity contribution in [2.75, 3.05) is 25.6 Å². The lowest BCUT2D eigenvalue weighted by Crippen LogP contribution is -2.28. The standard InChI is InChI=1S/C10H23BO3S/c1-6-12-11(13-7-2)14-8-9-15-10(3,4)5/h6-9H2,1-5H3. The topological polar surface area (TPSA) is 27.7 Å². The third-order valence-corrected chi connectivity index (χ3v) is 2.71. The summed E-state index contributed by atoms with van der Waals surface area (Å²) >= 11 is 1.88. The minimum atomic E-state index is -0.499. The summed E-state index contributed by atoms with van der Waals surface area (Å²) in [5.74, 6) is 0.958. The van der Waals surface area contributed by atoms with Gasteiger partial charge in [-0.1, -0.05) is 20.8 Å². The van der Waals surface area contributed by atoms with E-state index in [0.717, 1.165) is 5.75 Å². The minimum absolute atomic E-state index is 0.288. The third kappa shape index (κ3) is 10.6. The molecule has 0 radical (unpaired) electrons. The summed E-state index contributed by atoms with van der Waals surface area (Å²) in [6.45, 7) is 12.3. The molecule has 0 aliphatic heterocycles. The van der Waals surface area contributed by atoms with Crippen LogP contribution < -0.4 is 0 Å². The van der Waals surface area contributed by atoms with E-state index in [1.54, 1.807) is 0 Å². The van der Waals surface area contributed by atoms with E-state index in [0.29, 0.717) is 19.8 Å². The Morgan fingerprint density at radius 2 is 1.53 bits per heavy atom. The van der Waals surface area contributed by atoms with Crippen LogP contribution in [0.5, 0.6) is 0 Å². The van der Waals surface area contributed by atoms with Gasteiger partial charge in [0.05, 0.1) is 0 Å². The largest absolute Gasteiger partial charge is 0.639 e. The molecule has 0 saturated carbocycles. The Kier molecular flexibility index (Phi) is 8.61. The predicted octanol–water partition coefficient (Wildman–Crippen LogP) is 2.59. The minimum Gasteiger partial charge on any atom is -0.386 e. The average molecular weight is 234 g/mol. The number of rotatable bonds is 8. The van der Waals surface area contributed by atoms with Gasteiger partial charge < -0.3 is 14.0 Å².